The summed E-state index contributed by atoms with van der Waals surface area (Å²) in [5, 5.41) is 0.609. The summed E-state index contributed by atoms with van der Waals surface area (Å²) in [4.78, 5) is 15.4. The zero-order chi connectivity index (χ0) is 13.3. The van der Waals surface area contributed by atoms with Crippen LogP contribution >= 0.6 is 11.3 Å². The zero-order valence-electron chi connectivity index (χ0n) is 11.2. The molecule has 4 nitrogen and oxygen atoms in total. The minimum absolute atomic E-state index is 0.268. The van der Waals surface area contributed by atoms with Crippen LogP contribution in [-0.4, -0.2) is 37.6 Å². The number of nitrogens with zero attached hydrogens (tertiary/aromatic N) is 1. The molecule has 0 spiro atoms. The molecule has 1 aliphatic carbocycles. The summed E-state index contributed by atoms with van der Waals surface area (Å²) in [6.45, 7) is 2.21. The Kier molecular flexibility index (Phi) is 3.92. The van der Waals surface area contributed by atoms with Crippen LogP contribution in [0.1, 0.15) is 34.1 Å². The van der Waals surface area contributed by atoms with E-state index >= 15 is 0 Å². The van der Waals surface area contributed by atoms with Crippen LogP contribution in [0.5, 0.6) is 0 Å². The molecule has 18 heavy (non-hydrogen) atoms. The first-order chi connectivity index (χ1) is 8.54. The average molecular weight is 268 g/mol. The minimum Gasteiger partial charge on any atom is -0.462 e. The fraction of sp³-hybridized carbons (Fsp3) is 0.615. The quantitative estimate of drug-likeness (QED) is 0.851. The highest BCUT2D eigenvalue weighted by Crippen LogP contribution is 2.37. The Balaban J connectivity index is 2.29. The molecule has 100 valence electrons. The zero-order valence-corrected chi connectivity index (χ0v) is 12.0. The second-order valence-electron chi connectivity index (χ2n) is 4.82. The molecule has 0 saturated carbocycles. The van der Waals surface area contributed by atoms with Crippen molar-refractivity contribution in [1.29, 1.82) is 0 Å². The first-order valence-electron chi connectivity index (χ1n) is 6.28. The number of hydrogen-bond donors (Lipinski definition) is 1. The molecule has 1 aromatic rings. The van der Waals surface area contributed by atoms with Crippen LogP contribution in [0.3, 0.4) is 0 Å². The van der Waals surface area contributed by atoms with Crippen LogP contribution in [0, 0.1) is 0 Å². The van der Waals surface area contributed by atoms with Gasteiger partial charge in [-0.1, -0.05) is 0 Å². The maximum atomic E-state index is 11.9. The Labute approximate surface area is 112 Å². The van der Waals surface area contributed by atoms with E-state index in [0.29, 0.717) is 23.2 Å². The third-order valence-corrected chi connectivity index (χ3v) is 4.56. The van der Waals surface area contributed by atoms with E-state index in [-0.39, 0.29) is 5.97 Å². The molecular formula is C13H20N2O2S. The highest BCUT2D eigenvalue weighted by molar-refractivity contribution is 7.16. The normalized spacial score (nSPS) is 18.8. The molecule has 0 fully saturated rings. The minimum atomic E-state index is -0.268. The van der Waals surface area contributed by atoms with Crippen molar-refractivity contribution in [1.82, 2.24) is 4.90 Å². The number of ether oxygens (including phenoxy) is 1. The lowest BCUT2D eigenvalue weighted by Crippen LogP contribution is -2.33. The van der Waals surface area contributed by atoms with Crippen molar-refractivity contribution in [3.8, 4) is 0 Å². The van der Waals surface area contributed by atoms with Gasteiger partial charge in [-0.3, -0.25) is 0 Å². The molecular weight excluding hydrogens is 248 g/mol. The SMILES string of the molecule is CCOC(=O)c1c(N)sc2c1CCC(N(C)C)C2. The van der Waals surface area contributed by atoms with Crippen molar-refractivity contribution in [2.45, 2.75) is 32.2 Å². The monoisotopic (exact) mass is 268 g/mol. The van der Waals surface area contributed by atoms with Gasteiger partial charge in [-0.2, -0.15) is 0 Å². The summed E-state index contributed by atoms with van der Waals surface area (Å²) in [6.07, 6.45) is 2.97. The number of thiophene rings is 1. The molecule has 0 amide bonds. The van der Waals surface area contributed by atoms with Gasteiger partial charge < -0.3 is 15.4 Å². The van der Waals surface area contributed by atoms with Gasteiger partial charge in [0.1, 0.15) is 5.00 Å². The maximum Gasteiger partial charge on any atom is 0.341 e. The number of carbonyl (C=O) groups excluding carboxylic acids is 1. The van der Waals surface area contributed by atoms with Crippen LogP contribution in [0.15, 0.2) is 0 Å². The van der Waals surface area contributed by atoms with Crippen LogP contribution < -0.4 is 5.73 Å². The van der Waals surface area contributed by atoms with Crippen molar-refractivity contribution in [3.05, 3.63) is 16.0 Å². The molecule has 0 aromatic carbocycles. The largest absolute Gasteiger partial charge is 0.462 e. The number of nitrogens with two attached hydrogens (primary N) is 1. The van der Waals surface area contributed by atoms with Gasteiger partial charge in [-0.15, -0.1) is 11.3 Å². The van der Waals surface area contributed by atoms with Gasteiger partial charge in [0.05, 0.1) is 12.2 Å². The van der Waals surface area contributed by atoms with Gasteiger partial charge in [-0.25, -0.2) is 4.79 Å². The molecule has 0 saturated heterocycles. The Morgan fingerprint density at radius 3 is 2.89 bits per heavy atom. The van der Waals surface area contributed by atoms with Crippen LogP contribution in [0.4, 0.5) is 5.00 Å². The number of rotatable bonds is 3. The van der Waals surface area contributed by atoms with Crippen molar-refractivity contribution in [2.24, 2.45) is 0 Å². The molecule has 1 unspecified atom stereocenters. The van der Waals surface area contributed by atoms with Crippen molar-refractivity contribution in [2.75, 3.05) is 26.4 Å². The Morgan fingerprint density at radius 1 is 1.56 bits per heavy atom. The van der Waals surface area contributed by atoms with Gasteiger partial charge in [0.2, 0.25) is 0 Å². The highest BCUT2D eigenvalue weighted by Gasteiger charge is 2.29. The smallest absolute Gasteiger partial charge is 0.341 e. The molecule has 1 atom stereocenters. The van der Waals surface area contributed by atoms with Gasteiger partial charge in [0.15, 0.2) is 0 Å². The fourth-order valence-electron chi connectivity index (χ4n) is 2.46. The molecule has 5 heteroatoms. The fourth-order valence-corrected chi connectivity index (χ4v) is 3.63. The molecule has 0 bridgehead atoms. The van der Waals surface area contributed by atoms with Crippen molar-refractivity contribution >= 4 is 22.3 Å². The molecule has 0 radical (unpaired) electrons. The van der Waals surface area contributed by atoms with E-state index in [9.17, 15) is 4.79 Å². The molecule has 2 N–H and O–H groups in total. The summed E-state index contributed by atoms with van der Waals surface area (Å²) in [6, 6.07) is 0.547. The van der Waals surface area contributed by atoms with Crippen LogP contribution in [0.2, 0.25) is 0 Å². The number of likely N-dealkylation sites (N-methyl/N-ethyl adjacent to an activating group) is 1. The lowest BCUT2D eigenvalue weighted by Gasteiger charge is -2.28. The van der Waals surface area contributed by atoms with Gasteiger partial charge in [-0.05, 0) is 45.8 Å². The standard InChI is InChI=1S/C13H20N2O2S/c1-4-17-13(16)11-9-6-5-8(15(2)3)7-10(9)18-12(11)14/h8H,4-7,14H2,1-3H3. The maximum absolute atomic E-state index is 11.9. The van der Waals surface area contributed by atoms with E-state index in [2.05, 4.69) is 19.0 Å². The predicted molar refractivity (Wildman–Crippen MR) is 74.2 cm³/mol. The van der Waals surface area contributed by atoms with Gasteiger partial charge >= 0.3 is 5.97 Å². The first kappa shape index (κ1) is 13.4. The van der Waals surface area contributed by atoms with Gasteiger partial charge in [0, 0.05) is 10.9 Å². The second-order valence-corrected chi connectivity index (χ2v) is 5.96. The molecule has 1 aromatic heterocycles. The highest BCUT2D eigenvalue weighted by atomic mass is 32.1. The molecule has 1 heterocycles. The summed E-state index contributed by atoms with van der Waals surface area (Å²) in [5.41, 5.74) is 7.72. The Morgan fingerprint density at radius 2 is 2.28 bits per heavy atom. The Hall–Kier alpha value is -1.07. The number of hydrogen-bond acceptors (Lipinski definition) is 5. The lowest BCUT2D eigenvalue weighted by molar-refractivity contribution is 0.0526. The van der Waals surface area contributed by atoms with E-state index < -0.39 is 0 Å². The number of nitrogen functional groups attached to an aromatic ring is 1. The van der Waals surface area contributed by atoms with E-state index in [1.165, 1.54) is 4.88 Å². The van der Waals surface area contributed by atoms with E-state index in [1.54, 1.807) is 11.3 Å². The average Bonchev–Trinajstić information content (AvgIpc) is 2.63. The summed E-state index contributed by atoms with van der Waals surface area (Å²) in [7, 11) is 4.19. The third kappa shape index (κ3) is 2.37. The molecule has 0 aliphatic heterocycles. The first-order valence-corrected chi connectivity index (χ1v) is 7.09. The van der Waals surface area contributed by atoms with E-state index in [0.717, 1.165) is 24.8 Å². The van der Waals surface area contributed by atoms with E-state index in [4.69, 9.17) is 10.5 Å². The van der Waals surface area contributed by atoms with E-state index in [1.807, 2.05) is 6.92 Å². The summed E-state index contributed by atoms with van der Waals surface area (Å²) in [5.74, 6) is -0.268. The van der Waals surface area contributed by atoms with Crippen molar-refractivity contribution < 1.29 is 9.53 Å². The number of esters is 1. The van der Waals surface area contributed by atoms with Gasteiger partial charge in [0.25, 0.3) is 0 Å². The van der Waals surface area contributed by atoms with Crippen LogP contribution in [0.25, 0.3) is 0 Å². The van der Waals surface area contributed by atoms with Crippen LogP contribution in [-0.2, 0) is 17.6 Å². The topological polar surface area (TPSA) is 55.6 Å². The Bertz CT molecular complexity index is 454. The lowest BCUT2D eigenvalue weighted by atomic mass is 9.91. The second kappa shape index (κ2) is 5.28. The number of anilines is 1. The molecule has 2 rings (SSSR count). The number of carbonyl (C=O) groups is 1. The summed E-state index contributed by atoms with van der Waals surface area (Å²) < 4.78 is 5.08. The third-order valence-electron chi connectivity index (χ3n) is 3.48. The molecule has 1 aliphatic rings. The number of fused-ring (bicyclic) bond motifs is 1. The van der Waals surface area contributed by atoms with Crippen molar-refractivity contribution in [3.63, 3.8) is 0 Å². The predicted octanol–water partition coefficient (Wildman–Crippen LogP) is 1.93. The summed E-state index contributed by atoms with van der Waals surface area (Å²) >= 11 is 1.54.